The smallest absolute Gasteiger partial charge is 0.416 e. The Hall–Kier alpha value is -6.67. The Balaban J connectivity index is 0.953. The van der Waals surface area contributed by atoms with Gasteiger partial charge in [-0.15, -0.1) is 0 Å². The fourth-order valence-electron chi connectivity index (χ4n) is 9.85. The number of aliphatic hydroxyl groups excluding tert-OH is 2. The summed E-state index contributed by atoms with van der Waals surface area (Å²) in [5.74, 6) is -0.216. The number of benzene rings is 4. The zero-order valence-corrected chi connectivity index (χ0v) is 41.0. The molecule has 6 atom stereocenters. The van der Waals surface area contributed by atoms with Crippen molar-refractivity contribution >= 4 is 48.0 Å². The third-order valence-electron chi connectivity index (χ3n) is 13.9. The third kappa shape index (κ3) is 10.5. The Morgan fingerprint density at radius 2 is 1.34 bits per heavy atom. The van der Waals surface area contributed by atoms with E-state index in [-0.39, 0.29) is 66.9 Å². The lowest BCUT2D eigenvalue weighted by Crippen LogP contribution is -2.53. The van der Waals surface area contributed by atoms with Crippen LogP contribution in [-0.2, 0) is 40.6 Å². The summed E-state index contributed by atoms with van der Waals surface area (Å²) in [6.45, 7) is 9.57. The Kier molecular flexibility index (Phi) is 15.3. The third-order valence-corrected chi connectivity index (χ3v) is 13.9. The maximum absolute atomic E-state index is 14.1. The Bertz CT molecular complexity index is 2670. The number of nitrogens with two attached hydrogens (primary N) is 1. The topological polar surface area (TPSA) is 234 Å². The normalized spacial score (nSPS) is 20.3. The van der Waals surface area contributed by atoms with Crippen LogP contribution in [0.1, 0.15) is 95.0 Å². The van der Waals surface area contributed by atoms with Crippen molar-refractivity contribution in [1.82, 2.24) is 15.1 Å². The molecule has 6 N–H and O–H groups in total. The molecule has 0 unspecified atom stereocenters. The van der Waals surface area contributed by atoms with Crippen LogP contribution in [0.3, 0.4) is 0 Å². The molecular formula is C52H63BN6O12. The number of rotatable bonds is 16. The highest BCUT2D eigenvalue weighted by Crippen LogP contribution is 2.42. The standard InChI is InChI=1S/C52H63BN6O12/c1-29(2)46(54)47(61)55-31(4)42(60)22-32-14-16-33(17-15-32)26-71-52(66)58-40-24-43(30(3)20-36(40)48(62)56-18-8-12-38(56)50(58)64)69-27-34-10-7-11-35(21-34)28-70-45-25-41-37(23-44(45)68-6)49(63)57-19-9-13-39(57)51(65)59(41)53(5)67/h7,10-11,14-17,20-21,23-25,29,31,38-39,46,50-51,64-65,67H,8-9,12-13,18-19,22,26-28,54H2,1-6H3,(H,55,61)/t31-,38-,39-,46-,50-,51-/m0/s1. The van der Waals surface area contributed by atoms with Crippen LogP contribution in [0.5, 0.6) is 17.2 Å². The SMILES string of the molecule is COc1cc2c(cc1OCc1cccc(COc3cc4c(cc3C)C(=O)N3CCC[C@H]3[C@H](O)N4C(=O)OCc3ccc(CC(=O)[C@H](C)NC(=O)[C@@H](N)C(C)C)cc3)c1)N(B(C)O)[C@@H](O)[C@@H]1CCCN1C2=O. The van der Waals surface area contributed by atoms with Gasteiger partial charge in [-0.1, -0.05) is 56.3 Å². The number of aryl methyl sites for hydroxylation is 1. The van der Waals surface area contributed by atoms with E-state index in [9.17, 15) is 39.2 Å². The van der Waals surface area contributed by atoms with Crippen LogP contribution in [0.25, 0.3) is 0 Å². The van der Waals surface area contributed by atoms with E-state index < -0.39 is 49.8 Å². The summed E-state index contributed by atoms with van der Waals surface area (Å²) < 4.78 is 24.1. The van der Waals surface area contributed by atoms with Gasteiger partial charge in [-0.3, -0.25) is 19.2 Å². The second-order valence-electron chi connectivity index (χ2n) is 19.2. The molecule has 0 aromatic heterocycles. The summed E-state index contributed by atoms with van der Waals surface area (Å²) in [6.07, 6.45) is -0.826. The number of fused-ring (bicyclic) bond motifs is 4. The summed E-state index contributed by atoms with van der Waals surface area (Å²) in [5.41, 5.74) is 10.5. The monoisotopic (exact) mass is 974 g/mol. The number of nitrogens with zero attached hydrogens (tertiary/aromatic N) is 4. The van der Waals surface area contributed by atoms with E-state index in [4.69, 9.17) is 24.7 Å². The van der Waals surface area contributed by atoms with Gasteiger partial charge in [0.1, 0.15) is 31.8 Å². The van der Waals surface area contributed by atoms with Crippen molar-refractivity contribution in [1.29, 1.82) is 0 Å². The average molecular weight is 975 g/mol. The predicted octanol–water partition coefficient (Wildman–Crippen LogP) is 4.69. The van der Waals surface area contributed by atoms with Crippen LogP contribution in [-0.4, -0.2) is 119 Å². The molecule has 19 heteroatoms. The van der Waals surface area contributed by atoms with Crippen molar-refractivity contribution in [3.05, 3.63) is 112 Å². The van der Waals surface area contributed by atoms with Gasteiger partial charge in [0.05, 0.1) is 48.1 Å². The van der Waals surface area contributed by atoms with E-state index in [2.05, 4.69) is 5.32 Å². The molecule has 376 valence electrons. The molecule has 4 aromatic carbocycles. The first kappa shape index (κ1) is 50.7. The van der Waals surface area contributed by atoms with Crippen LogP contribution in [0.4, 0.5) is 16.2 Å². The van der Waals surface area contributed by atoms with Crippen molar-refractivity contribution in [2.75, 3.05) is 29.9 Å². The number of anilines is 2. The number of hydrogen-bond acceptors (Lipinski definition) is 14. The summed E-state index contributed by atoms with van der Waals surface area (Å²) in [7, 11) is 0.376. The van der Waals surface area contributed by atoms with Crippen molar-refractivity contribution in [2.24, 2.45) is 11.7 Å². The van der Waals surface area contributed by atoms with E-state index in [1.54, 1.807) is 79.0 Å². The molecule has 0 saturated carbocycles. The lowest BCUT2D eigenvalue weighted by Gasteiger charge is -2.34. The molecule has 4 aliphatic heterocycles. The van der Waals surface area contributed by atoms with Crippen molar-refractivity contribution in [2.45, 2.75) is 123 Å². The number of Topliss-reactive ketones (excluding diaryl/α,β-unsaturated/α-hetero) is 1. The Morgan fingerprint density at radius 3 is 1.94 bits per heavy atom. The zero-order valence-electron chi connectivity index (χ0n) is 41.0. The first-order valence-electron chi connectivity index (χ1n) is 24.2. The predicted molar refractivity (Wildman–Crippen MR) is 264 cm³/mol. The zero-order chi connectivity index (χ0) is 50.8. The highest BCUT2D eigenvalue weighted by molar-refractivity contribution is 6.54. The van der Waals surface area contributed by atoms with E-state index >= 15 is 0 Å². The number of ether oxygens (including phenoxy) is 4. The van der Waals surface area contributed by atoms with Gasteiger partial charge >= 0.3 is 13.1 Å². The molecule has 0 radical (unpaired) electrons. The first-order valence-corrected chi connectivity index (χ1v) is 24.2. The fraction of sp³-hybridized carbons (Fsp3) is 0.442. The quantitative estimate of drug-likeness (QED) is 0.0959. The molecule has 0 bridgehead atoms. The Labute approximate surface area is 413 Å². The molecule has 8 rings (SSSR count). The molecule has 4 amide bonds. The maximum atomic E-state index is 14.1. The number of hydrogen-bond donors (Lipinski definition) is 5. The molecule has 4 aromatic rings. The van der Waals surface area contributed by atoms with Crippen LogP contribution in [0, 0.1) is 12.8 Å². The summed E-state index contributed by atoms with van der Waals surface area (Å²) in [6, 6.07) is 18.3. The second-order valence-corrected chi connectivity index (χ2v) is 19.2. The average Bonchev–Trinajstić information content (AvgIpc) is 4.03. The van der Waals surface area contributed by atoms with Crippen molar-refractivity contribution in [3.8, 4) is 17.2 Å². The number of methoxy groups -OCH3 is 1. The van der Waals surface area contributed by atoms with Gasteiger partial charge in [-0.05, 0) is 98.3 Å². The molecule has 71 heavy (non-hydrogen) atoms. The Morgan fingerprint density at radius 1 is 0.761 bits per heavy atom. The molecule has 0 aliphatic carbocycles. The lowest BCUT2D eigenvalue weighted by atomic mass is 9.82. The van der Waals surface area contributed by atoms with Crippen molar-refractivity contribution in [3.63, 3.8) is 0 Å². The molecule has 0 spiro atoms. The molecule has 18 nitrogen and oxygen atoms in total. The minimum Gasteiger partial charge on any atom is -0.493 e. The van der Waals surface area contributed by atoms with E-state index in [1.165, 1.54) is 11.9 Å². The largest absolute Gasteiger partial charge is 0.493 e. The summed E-state index contributed by atoms with van der Waals surface area (Å²) in [5, 5.41) is 36.7. The van der Waals surface area contributed by atoms with Gasteiger partial charge in [0, 0.05) is 37.3 Å². The van der Waals surface area contributed by atoms with Crippen LogP contribution in [0.2, 0.25) is 6.82 Å². The molecule has 4 heterocycles. The number of carbonyl (C=O) groups excluding carboxylic acids is 5. The van der Waals surface area contributed by atoms with Gasteiger partial charge in [-0.25, -0.2) is 9.69 Å². The van der Waals surface area contributed by atoms with E-state index in [0.717, 1.165) is 22.4 Å². The summed E-state index contributed by atoms with van der Waals surface area (Å²) >= 11 is 0. The van der Waals surface area contributed by atoms with Gasteiger partial charge in [0.2, 0.25) is 5.91 Å². The molecular weight excluding hydrogens is 911 g/mol. The number of aliphatic hydroxyl groups is 2. The van der Waals surface area contributed by atoms with Crippen LogP contribution < -0.4 is 35.0 Å². The molecule has 2 fully saturated rings. The van der Waals surface area contributed by atoms with Crippen LogP contribution in [0.15, 0.2) is 72.8 Å². The maximum Gasteiger partial charge on any atom is 0.416 e. The number of carbonyl (C=O) groups is 5. The van der Waals surface area contributed by atoms with Gasteiger partial charge < -0.3 is 59.8 Å². The molecule has 2 saturated heterocycles. The fourth-order valence-corrected chi connectivity index (χ4v) is 9.85. The van der Waals surface area contributed by atoms with Crippen molar-refractivity contribution < 1.29 is 58.2 Å². The number of ketones is 1. The minimum absolute atomic E-state index is 0.0681. The van der Waals surface area contributed by atoms with E-state index in [0.29, 0.717) is 77.5 Å². The van der Waals surface area contributed by atoms with Gasteiger partial charge in [-0.2, -0.15) is 0 Å². The van der Waals surface area contributed by atoms with Gasteiger partial charge in [0.25, 0.3) is 11.8 Å². The lowest BCUT2D eigenvalue weighted by molar-refractivity contribution is -0.128. The first-order chi connectivity index (χ1) is 33.9. The number of nitrogens with one attached hydrogen (secondary N) is 1. The highest BCUT2D eigenvalue weighted by Gasteiger charge is 2.46. The highest BCUT2D eigenvalue weighted by atomic mass is 16.6. The van der Waals surface area contributed by atoms with E-state index in [1.807, 2.05) is 38.1 Å². The minimum atomic E-state index is -1.41. The number of amides is 4. The van der Waals surface area contributed by atoms with Crippen LogP contribution >= 0.6 is 0 Å². The summed E-state index contributed by atoms with van der Waals surface area (Å²) in [4.78, 5) is 73.0. The van der Waals surface area contributed by atoms with Gasteiger partial charge in [0.15, 0.2) is 23.5 Å². The molecule has 4 aliphatic rings. The second kappa shape index (κ2) is 21.4.